The summed E-state index contributed by atoms with van der Waals surface area (Å²) < 4.78 is 12.7. The van der Waals surface area contributed by atoms with Crippen molar-refractivity contribution < 1.29 is 24.5 Å². The van der Waals surface area contributed by atoms with Crippen molar-refractivity contribution in [1.82, 2.24) is 0 Å². The van der Waals surface area contributed by atoms with Crippen LogP contribution in [0.3, 0.4) is 0 Å². The molecule has 2 aromatic rings. The maximum atomic E-state index is 13.1. The van der Waals surface area contributed by atoms with E-state index in [2.05, 4.69) is 38.6 Å². The second-order valence-electron chi connectivity index (χ2n) is 10.4. The molecule has 0 amide bonds. The number of fused-ring (bicyclic) bond motifs is 2. The van der Waals surface area contributed by atoms with Gasteiger partial charge in [-0.1, -0.05) is 29.9 Å². The van der Waals surface area contributed by atoms with Gasteiger partial charge in [-0.05, 0) is 82.5 Å². The quantitative estimate of drug-likeness (QED) is 0.483. The third-order valence-corrected chi connectivity index (χ3v) is 6.48. The topological polar surface area (TPSA) is 76.0 Å². The Morgan fingerprint density at radius 3 is 2.66 bits per heavy atom. The van der Waals surface area contributed by atoms with Gasteiger partial charge in [0.05, 0.1) is 18.1 Å². The molecule has 0 saturated carbocycles. The molecule has 0 fully saturated rings. The number of rotatable bonds is 6. The summed E-state index contributed by atoms with van der Waals surface area (Å²) in [6.45, 7) is 13.7. The smallest absolute Gasteiger partial charge is 0.170 e. The molecule has 5 nitrogen and oxygen atoms in total. The number of ether oxygens (including phenoxy) is 2. The number of carbonyl (C=O) groups excluding carboxylic acids is 1. The molecule has 0 aliphatic carbocycles. The predicted octanol–water partition coefficient (Wildman–Crippen LogP) is 6.27. The Balaban J connectivity index is 1.77. The van der Waals surface area contributed by atoms with Gasteiger partial charge in [-0.2, -0.15) is 0 Å². The minimum absolute atomic E-state index is 0.00856. The zero-order valence-corrected chi connectivity index (χ0v) is 21.1. The Morgan fingerprint density at radius 2 is 1.97 bits per heavy atom. The van der Waals surface area contributed by atoms with Crippen molar-refractivity contribution in [3.63, 3.8) is 0 Å². The van der Waals surface area contributed by atoms with Crippen LogP contribution in [0.15, 0.2) is 54.1 Å². The van der Waals surface area contributed by atoms with Crippen LogP contribution in [0.25, 0.3) is 6.08 Å². The summed E-state index contributed by atoms with van der Waals surface area (Å²) in [7, 11) is 0. The molecule has 184 valence electrons. The number of allylic oxidation sites excluding steroid dienone is 2. The first-order chi connectivity index (χ1) is 16.4. The van der Waals surface area contributed by atoms with Crippen molar-refractivity contribution in [3.05, 3.63) is 82.0 Å². The largest absolute Gasteiger partial charge is 0.508 e. The summed E-state index contributed by atoms with van der Waals surface area (Å²) in [5.41, 5.74) is 5.10. The van der Waals surface area contributed by atoms with Gasteiger partial charge >= 0.3 is 0 Å². The van der Waals surface area contributed by atoms with E-state index in [0.29, 0.717) is 28.9 Å². The Labute approximate surface area is 207 Å². The van der Waals surface area contributed by atoms with Crippen molar-refractivity contribution in [2.45, 2.75) is 71.7 Å². The minimum atomic E-state index is -0.850. The van der Waals surface area contributed by atoms with Gasteiger partial charge in [-0.15, -0.1) is 0 Å². The van der Waals surface area contributed by atoms with E-state index in [9.17, 15) is 15.0 Å². The summed E-state index contributed by atoms with van der Waals surface area (Å²) in [6, 6.07) is 7.15. The van der Waals surface area contributed by atoms with E-state index in [0.717, 1.165) is 22.4 Å². The molecule has 0 spiro atoms. The lowest BCUT2D eigenvalue weighted by Gasteiger charge is -2.32. The molecule has 2 aromatic carbocycles. The maximum Gasteiger partial charge on any atom is 0.170 e. The maximum absolute atomic E-state index is 13.1. The van der Waals surface area contributed by atoms with Crippen LogP contribution in [0.2, 0.25) is 0 Å². The molecular weight excluding hydrogens is 440 g/mol. The normalized spacial score (nSPS) is 18.6. The summed E-state index contributed by atoms with van der Waals surface area (Å²) in [6.07, 6.45) is 5.90. The van der Waals surface area contributed by atoms with E-state index in [4.69, 9.17) is 9.47 Å². The Hall–Kier alpha value is -3.31. The van der Waals surface area contributed by atoms with Crippen molar-refractivity contribution in [2.75, 3.05) is 0 Å². The first-order valence-corrected chi connectivity index (χ1v) is 12.0. The number of benzene rings is 2. The Kier molecular flexibility index (Phi) is 6.65. The van der Waals surface area contributed by atoms with Crippen LogP contribution in [0.5, 0.6) is 17.2 Å². The van der Waals surface area contributed by atoms with E-state index in [1.165, 1.54) is 11.6 Å². The fourth-order valence-corrected chi connectivity index (χ4v) is 4.41. The molecule has 2 N–H and O–H groups in total. The molecule has 5 heteroatoms. The van der Waals surface area contributed by atoms with Gasteiger partial charge in [-0.25, -0.2) is 0 Å². The van der Waals surface area contributed by atoms with Crippen molar-refractivity contribution in [1.29, 1.82) is 0 Å². The van der Waals surface area contributed by atoms with E-state index in [1.807, 2.05) is 26.0 Å². The zero-order valence-electron chi connectivity index (χ0n) is 21.1. The van der Waals surface area contributed by atoms with Crippen LogP contribution in [-0.2, 0) is 12.8 Å². The van der Waals surface area contributed by atoms with Crippen molar-refractivity contribution in [2.24, 2.45) is 0 Å². The van der Waals surface area contributed by atoms with Crippen LogP contribution in [0.4, 0.5) is 0 Å². The number of hydrogen-bond donors (Lipinski definition) is 2. The zero-order chi connectivity index (χ0) is 25.5. The number of ketones is 1. The number of aromatic hydroxyl groups is 1. The fraction of sp³-hybridized carbons (Fsp3) is 0.367. The second-order valence-corrected chi connectivity index (χ2v) is 10.4. The van der Waals surface area contributed by atoms with Crippen LogP contribution >= 0.6 is 0 Å². The average molecular weight is 475 g/mol. The van der Waals surface area contributed by atoms with Gasteiger partial charge in [0.2, 0.25) is 0 Å². The lowest BCUT2D eigenvalue weighted by Crippen LogP contribution is -2.28. The van der Waals surface area contributed by atoms with E-state index >= 15 is 0 Å². The molecule has 0 aromatic heterocycles. The van der Waals surface area contributed by atoms with E-state index < -0.39 is 17.8 Å². The molecule has 2 heterocycles. The highest BCUT2D eigenvalue weighted by molar-refractivity contribution is 6.00. The molecule has 2 atom stereocenters. The van der Waals surface area contributed by atoms with E-state index in [1.54, 1.807) is 13.0 Å². The monoisotopic (exact) mass is 474 g/mol. The minimum Gasteiger partial charge on any atom is -0.508 e. The fourth-order valence-electron chi connectivity index (χ4n) is 4.41. The second kappa shape index (κ2) is 9.38. The number of Topliss-reactive ketones (excluding diaryl/α,β-unsaturated/α-hetero) is 1. The lowest BCUT2D eigenvalue weighted by atomic mass is 9.89. The third-order valence-electron chi connectivity index (χ3n) is 6.48. The van der Waals surface area contributed by atoms with Gasteiger partial charge in [0.25, 0.3) is 0 Å². The summed E-state index contributed by atoms with van der Waals surface area (Å²) in [5.74, 6) is 1.12. The molecule has 0 bridgehead atoms. The number of aliphatic hydroxyl groups is 1. The lowest BCUT2D eigenvalue weighted by molar-refractivity contribution is 0.0844. The first kappa shape index (κ1) is 24.8. The Bertz CT molecular complexity index is 1240. The van der Waals surface area contributed by atoms with Gasteiger partial charge < -0.3 is 19.7 Å². The number of hydrogen-bond acceptors (Lipinski definition) is 5. The van der Waals surface area contributed by atoms with Crippen LogP contribution < -0.4 is 9.47 Å². The van der Waals surface area contributed by atoms with Crippen molar-refractivity contribution in [3.8, 4) is 17.2 Å². The van der Waals surface area contributed by atoms with Crippen molar-refractivity contribution >= 4 is 11.9 Å². The number of phenolic OH excluding ortho intramolecular Hbond substituents is 1. The first-order valence-electron chi connectivity index (χ1n) is 12.0. The van der Waals surface area contributed by atoms with Crippen LogP contribution in [0, 0.1) is 0 Å². The molecular formula is C30H34O5. The molecule has 2 aliphatic heterocycles. The number of phenols is 1. The van der Waals surface area contributed by atoms with Gasteiger partial charge in [0, 0.05) is 17.5 Å². The molecule has 2 unspecified atom stereocenters. The molecule has 2 aliphatic rings. The third kappa shape index (κ3) is 5.20. The number of carbonyl (C=O) groups is 1. The molecule has 4 rings (SSSR count). The highest BCUT2D eigenvalue weighted by Crippen LogP contribution is 2.44. The highest BCUT2D eigenvalue weighted by Gasteiger charge is 2.33. The molecule has 0 radical (unpaired) electrons. The van der Waals surface area contributed by atoms with Gasteiger partial charge in [-0.3, -0.25) is 4.79 Å². The molecule has 35 heavy (non-hydrogen) atoms. The highest BCUT2D eigenvalue weighted by atomic mass is 16.5. The summed E-state index contributed by atoms with van der Waals surface area (Å²) in [4.78, 5) is 13.1. The van der Waals surface area contributed by atoms with E-state index in [-0.39, 0.29) is 24.4 Å². The predicted molar refractivity (Wildman–Crippen MR) is 138 cm³/mol. The average Bonchev–Trinajstić information content (AvgIpc) is 2.78. The van der Waals surface area contributed by atoms with Gasteiger partial charge in [0.15, 0.2) is 5.78 Å². The van der Waals surface area contributed by atoms with Crippen LogP contribution in [-0.4, -0.2) is 27.7 Å². The standard InChI is InChI=1S/C30H34O5/c1-17(2)7-8-19-13-21(14-20-11-12-30(5,6)35-28(19)20)27-16-26(33)22-9-10-24(31)23(29(22)34-27)15-25(32)18(3)4/h7,9-14,25,27,31-32H,3,8,15-16H2,1-2,4-6H3. The molecule has 0 saturated heterocycles. The summed E-state index contributed by atoms with van der Waals surface area (Å²) in [5, 5.41) is 20.9. The Morgan fingerprint density at radius 1 is 1.23 bits per heavy atom. The summed E-state index contributed by atoms with van der Waals surface area (Å²) >= 11 is 0. The van der Waals surface area contributed by atoms with Gasteiger partial charge in [0.1, 0.15) is 29.0 Å². The number of aliphatic hydroxyl groups excluding tert-OH is 1. The van der Waals surface area contributed by atoms with Crippen LogP contribution in [0.1, 0.15) is 79.8 Å². The SMILES string of the molecule is C=C(C)C(O)Cc1c(O)ccc2c1OC(c1cc3c(c(CC=C(C)C)c1)OC(C)(C)C=C3)CC2=O.